The zero-order valence-electron chi connectivity index (χ0n) is 16.5. The lowest BCUT2D eigenvalue weighted by atomic mass is 10.1. The van der Waals surface area contributed by atoms with Crippen LogP contribution < -0.4 is 15.0 Å². The number of carbonyl (C=O) groups is 2. The molecule has 1 aliphatic rings. The Morgan fingerprint density at radius 3 is 2.80 bits per heavy atom. The molecule has 6 nitrogen and oxygen atoms in total. The van der Waals surface area contributed by atoms with Gasteiger partial charge in [-0.05, 0) is 36.4 Å². The molecule has 154 valence electrons. The normalized spacial score (nSPS) is 15.4. The van der Waals surface area contributed by atoms with Gasteiger partial charge in [0.25, 0.3) is 5.91 Å². The minimum absolute atomic E-state index is 0.00637. The second-order valence-corrected chi connectivity index (χ2v) is 8.04. The van der Waals surface area contributed by atoms with Gasteiger partial charge in [0.15, 0.2) is 11.6 Å². The molecule has 2 amide bonds. The Morgan fingerprint density at radius 2 is 2.00 bits per heavy atom. The Balaban J connectivity index is 1.36. The predicted molar refractivity (Wildman–Crippen MR) is 117 cm³/mol. The maximum atomic E-state index is 13.1. The predicted octanol–water partition coefficient (Wildman–Crippen LogP) is 3.75. The summed E-state index contributed by atoms with van der Waals surface area (Å²) in [6.45, 7) is 1.03. The first-order valence-electron chi connectivity index (χ1n) is 9.99. The molecule has 0 radical (unpaired) electrons. The fourth-order valence-electron chi connectivity index (χ4n) is 3.42. The Labute approximate surface area is 179 Å². The number of rotatable bonds is 8. The van der Waals surface area contributed by atoms with Crippen LogP contribution in [-0.4, -0.2) is 29.9 Å². The van der Waals surface area contributed by atoms with Crippen LogP contribution in [0.2, 0.25) is 0 Å². The number of nitrogens with one attached hydrogen (secondary N) is 1. The molecule has 0 unspecified atom stereocenters. The van der Waals surface area contributed by atoms with Gasteiger partial charge >= 0.3 is 0 Å². The molecule has 0 bridgehead atoms. The van der Waals surface area contributed by atoms with Crippen LogP contribution in [0.25, 0.3) is 0 Å². The number of hydrogen-bond acceptors (Lipinski definition) is 5. The minimum Gasteiger partial charge on any atom is -0.472 e. The lowest BCUT2D eigenvalue weighted by Gasteiger charge is -2.33. The van der Waals surface area contributed by atoms with E-state index in [2.05, 4.69) is 16.4 Å². The number of hydrogen-bond donors (Lipinski definition) is 1. The van der Waals surface area contributed by atoms with Gasteiger partial charge in [0.05, 0.1) is 0 Å². The molecule has 0 saturated heterocycles. The van der Waals surface area contributed by atoms with E-state index in [0.717, 1.165) is 12.0 Å². The molecular weight excluding hydrogens is 398 g/mol. The highest BCUT2D eigenvalue weighted by molar-refractivity contribution is 7.09. The van der Waals surface area contributed by atoms with Crippen LogP contribution in [0.4, 0.5) is 5.82 Å². The van der Waals surface area contributed by atoms with E-state index in [-0.39, 0.29) is 11.8 Å². The van der Waals surface area contributed by atoms with Gasteiger partial charge in [0.1, 0.15) is 0 Å². The molecule has 0 fully saturated rings. The molecule has 30 heavy (non-hydrogen) atoms. The molecule has 1 aliphatic heterocycles. The summed E-state index contributed by atoms with van der Waals surface area (Å²) in [4.78, 5) is 32.5. The number of pyridine rings is 1. The van der Waals surface area contributed by atoms with E-state index in [0.29, 0.717) is 37.5 Å². The number of anilines is 1. The van der Waals surface area contributed by atoms with Crippen LogP contribution >= 0.6 is 11.3 Å². The van der Waals surface area contributed by atoms with Crippen molar-refractivity contribution in [1.82, 2.24) is 10.3 Å². The SMILES string of the molecule is O=C(CCCN1C(=O)[C@@H](c2ccccc2)Oc2cccnc21)NCCc1cccs1. The molecule has 1 aromatic carbocycles. The quantitative estimate of drug-likeness (QED) is 0.601. The molecule has 3 heterocycles. The molecule has 3 aromatic rings. The van der Waals surface area contributed by atoms with Gasteiger partial charge in [-0.3, -0.25) is 14.5 Å². The molecule has 0 saturated carbocycles. The monoisotopic (exact) mass is 421 g/mol. The molecule has 7 heteroatoms. The highest BCUT2D eigenvalue weighted by atomic mass is 32.1. The van der Waals surface area contributed by atoms with Crippen LogP contribution in [0.5, 0.6) is 5.75 Å². The zero-order valence-corrected chi connectivity index (χ0v) is 17.3. The summed E-state index contributed by atoms with van der Waals surface area (Å²) in [5.74, 6) is 0.915. The minimum atomic E-state index is -0.706. The average Bonchev–Trinajstić information content (AvgIpc) is 3.29. The number of carbonyl (C=O) groups excluding carboxylic acids is 2. The van der Waals surface area contributed by atoms with Gasteiger partial charge in [-0.15, -0.1) is 11.3 Å². The zero-order chi connectivity index (χ0) is 20.8. The number of thiophene rings is 1. The summed E-state index contributed by atoms with van der Waals surface area (Å²) in [5.41, 5.74) is 0.799. The van der Waals surface area contributed by atoms with Crippen molar-refractivity contribution in [2.24, 2.45) is 0 Å². The molecule has 2 aromatic heterocycles. The Morgan fingerprint density at radius 1 is 1.13 bits per heavy atom. The number of benzene rings is 1. The second-order valence-electron chi connectivity index (χ2n) is 7.01. The molecule has 0 aliphatic carbocycles. The van der Waals surface area contributed by atoms with Gasteiger partial charge < -0.3 is 10.1 Å². The lowest BCUT2D eigenvalue weighted by molar-refractivity contribution is -0.127. The van der Waals surface area contributed by atoms with Gasteiger partial charge in [-0.25, -0.2) is 4.98 Å². The van der Waals surface area contributed by atoms with E-state index in [1.165, 1.54) is 4.88 Å². The van der Waals surface area contributed by atoms with Crippen molar-refractivity contribution in [1.29, 1.82) is 0 Å². The van der Waals surface area contributed by atoms with Crippen molar-refractivity contribution in [2.45, 2.75) is 25.4 Å². The van der Waals surface area contributed by atoms with E-state index in [1.54, 1.807) is 28.5 Å². The van der Waals surface area contributed by atoms with E-state index >= 15 is 0 Å². The maximum Gasteiger partial charge on any atom is 0.274 e. The molecule has 4 rings (SSSR count). The van der Waals surface area contributed by atoms with Crippen molar-refractivity contribution in [3.63, 3.8) is 0 Å². The lowest BCUT2D eigenvalue weighted by Crippen LogP contribution is -2.42. The smallest absolute Gasteiger partial charge is 0.274 e. The van der Waals surface area contributed by atoms with Gasteiger partial charge in [0.2, 0.25) is 12.0 Å². The highest BCUT2D eigenvalue weighted by Crippen LogP contribution is 2.37. The third kappa shape index (κ3) is 4.68. The summed E-state index contributed by atoms with van der Waals surface area (Å²) in [5, 5.41) is 4.98. The summed E-state index contributed by atoms with van der Waals surface area (Å²) in [6, 6.07) is 17.1. The Bertz CT molecular complexity index is 992. The van der Waals surface area contributed by atoms with Crippen LogP contribution in [0.1, 0.15) is 29.4 Å². The van der Waals surface area contributed by atoms with E-state index in [1.807, 2.05) is 47.8 Å². The Kier molecular flexibility index (Phi) is 6.39. The van der Waals surface area contributed by atoms with Crippen LogP contribution in [0, 0.1) is 0 Å². The molecule has 0 spiro atoms. The van der Waals surface area contributed by atoms with Crippen molar-refractivity contribution >= 4 is 29.0 Å². The summed E-state index contributed by atoms with van der Waals surface area (Å²) >= 11 is 1.69. The standard InChI is InChI=1S/C23H23N3O3S/c27-20(24-14-12-18-9-6-16-30-18)11-5-15-26-22-19(10-4-13-25-22)29-21(23(26)28)17-7-2-1-3-8-17/h1-4,6-10,13,16,21H,5,11-12,14-15H2,(H,24,27)/t21-/m1/s1. The van der Waals surface area contributed by atoms with Gasteiger partial charge in [0, 0.05) is 36.1 Å². The number of nitrogens with zero attached hydrogens (tertiary/aromatic N) is 2. The largest absolute Gasteiger partial charge is 0.472 e. The first-order valence-corrected chi connectivity index (χ1v) is 10.9. The summed E-state index contributed by atoms with van der Waals surface area (Å²) < 4.78 is 5.94. The van der Waals surface area contributed by atoms with E-state index in [4.69, 9.17) is 4.74 Å². The van der Waals surface area contributed by atoms with Crippen LogP contribution in [-0.2, 0) is 16.0 Å². The fourth-order valence-corrected chi connectivity index (χ4v) is 4.13. The maximum absolute atomic E-state index is 13.1. The molecule has 1 N–H and O–H groups in total. The number of amides is 2. The van der Waals surface area contributed by atoms with Crippen molar-refractivity contribution in [3.8, 4) is 5.75 Å². The second kappa shape index (κ2) is 9.54. The average molecular weight is 422 g/mol. The van der Waals surface area contributed by atoms with Gasteiger partial charge in [-0.2, -0.15) is 0 Å². The molecule has 1 atom stereocenters. The Hall–Kier alpha value is -3.19. The van der Waals surface area contributed by atoms with E-state index in [9.17, 15) is 9.59 Å². The van der Waals surface area contributed by atoms with Crippen molar-refractivity contribution < 1.29 is 14.3 Å². The number of ether oxygens (including phenoxy) is 1. The fraction of sp³-hybridized carbons (Fsp3) is 0.261. The summed E-state index contributed by atoms with van der Waals surface area (Å²) in [7, 11) is 0. The number of aromatic nitrogens is 1. The summed E-state index contributed by atoms with van der Waals surface area (Å²) in [6.07, 6.45) is 2.67. The van der Waals surface area contributed by atoms with Crippen LogP contribution in [0.3, 0.4) is 0 Å². The first-order chi connectivity index (χ1) is 14.7. The molecular formula is C23H23N3O3S. The van der Waals surface area contributed by atoms with Crippen LogP contribution in [0.15, 0.2) is 66.2 Å². The topological polar surface area (TPSA) is 71.5 Å². The first kappa shape index (κ1) is 20.1. The number of fused-ring (bicyclic) bond motifs is 1. The van der Waals surface area contributed by atoms with Crippen molar-refractivity contribution in [3.05, 3.63) is 76.6 Å². The van der Waals surface area contributed by atoms with E-state index < -0.39 is 6.10 Å². The highest BCUT2D eigenvalue weighted by Gasteiger charge is 2.36. The third-order valence-corrected chi connectivity index (χ3v) is 5.84. The van der Waals surface area contributed by atoms with Crippen molar-refractivity contribution in [2.75, 3.05) is 18.0 Å². The third-order valence-electron chi connectivity index (χ3n) is 4.90. The van der Waals surface area contributed by atoms with Gasteiger partial charge in [-0.1, -0.05) is 36.4 Å².